The lowest BCUT2D eigenvalue weighted by Gasteiger charge is -2.33. The molecule has 0 amide bonds. The summed E-state index contributed by atoms with van der Waals surface area (Å²) >= 11 is 0. The van der Waals surface area contributed by atoms with E-state index in [1.54, 1.807) is 0 Å². The second-order valence-electron chi connectivity index (χ2n) is 5.25. The van der Waals surface area contributed by atoms with Crippen LogP contribution in [-0.4, -0.2) is 28.5 Å². The van der Waals surface area contributed by atoms with Gasteiger partial charge in [-0.1, -0.05) is 19.3 Å². The maximum atomic E-state index is 6.30. The summed E-state index contributed by atoms with van der Waals surface area (Å²) < 4.78 is 7.55. The van der Waals surface area contributed by atoms with E-state index in [2.05, 4.69) is 5.10 Å². The largest absolute Gasteiger partial charge is 0.379 e. The predicted molar refractivity (Wildman–Crippen MR) is 67.7 cm³/mol. The SMILES string of the molecule is Cn1cc(CCOCC2(N)CCCCC2)cn1. The van der Waals surface area contributed by atoms with E-state index in [9.17, 15) is 0 Å². The van der Waals surface area contributed by atoms with Gasteiger partial charge in [0.2, 0.25) is 0 Å². The summed E-state index contributed by atoms with van der Waals surface area (Å²) in [6.07, 6.45) is 10.9. The lowest BCUT2D eigenvalue weighted by molar-refractivity contribution is 0.0698. The van der Waals surface area contributed by atoms with Gasteiger partial charge < -0.3 is 10.5 Å². The van der Waals surface area contributed by atoms with Crippen LogP contribution >= 0.6 is 0 Å². The van der Waals surface area contributed by atoms with Crippen molar-refractivity contribution in [1.29, 1.82) is 0 Å². The van der Waals surface area contributed by atoms with Crippen molar-refractivity contribution < 1.29 is 4.74 Å². The molecule has 0 unspecified atom stereocenters. The average Bonchev–Trinajstić information content (AvgIpc) is 2.72. The molecule has 4 heteroatoms. The van der Waals surface area contributed by atoms with Gasteiger partial charge in [0.05, 0.1) is 19.4 Å². The number of rotatable bonds is 5. The van der Waals surface area contributed by atoms with Gasteiger partial charge in [-0.05, 0) is 24.8 Å². The fraction of sp³-hybridized carbons (Fsp3) is 0.769. The quantitative estimate of drug-likeness (QED) is 0.792. The Hall–Kier alpha value is -0.870. The first-order valence-electron chi connectivity index (χ1n) is 6.52. The zero-order valence-corrected chi connectivity index (χ0v) is 10.7. The second-order valence-corrected chi connectivity index (χ2v) is 5.25. The third kappa shape index (κ3) is 3.82. The number of aryl methyl sites for hydroxylation is 1. The summed E-state index contributed by atoms with van der Waals surface area (Å²) in [5.41, 5.74) is 7.46. The molecule has 1 aliphatic rings. The van der Waals surface area contributed by atoms with Gasteiger partial charge >= 0.3 is 0 Å². The molecule has 96 valence electrons. The first kappa shape index (κ1) is 12.6. The van der Waals surface area contributed by atoms with Gasteiger partial charge in [0.25, 0.3) is 0 Å². The normalized spacial score (nSPS) is 19.4. The first-order chi connectivity index (χ1) is 8.18. The number of ether oxygens (including phenoxy) is 1. The van der Waals surface area contributed by atoms with E-state index < -0.39 is 0 Å². The van der Waals surface area contributed by atoms with Gasteiger partial charge in [0.1, 0.15) is 0 Å². The van der Waals surface area contributed by atoms with Crippen LogP contribution in [0.2, 0.25) is 0 Å². The average molecular weight is 237 g/mol. The monoisotopic (exact) mass is 237 g/mol. The highest BCUT2D eigenvalue weighted by atomic mass is 16.5. The van der Waals surface area contributed by atoms with E-state index >= 15 is 0 Å². The third-order valence-electron chi connectivity index (χ3n) is 3.53. The van der Waals surface area contributed by atoms with Gasteiger partial charge in [-0.3, -0.25) is 4.68 Å². The summed E-state index contributed by atoms with van der Waals surface area (Å²) in [6, 6.07) is 0. The molecule has 1 aromatic rings. The molecule has 4 nitrogen and oxygen atoms in total. The van der Waals surface area contributed by atoms with Crippen LogP contribution in [-0.2, 0) is 18.2 Å². The third-order valence-corrected chi connectivity index (χ3v) is 3.53. The Morgan fingerprint density at radius 1 is 1.41 bits per heavy atom. The Balaban J connectivity index is 1.65. The number of nitrogens with two attached hydrogens (primary N) is 1. The molecule has 1 aliphatic carbocycles. The topological polar surface area (TPSA) is 53.1 Å². The van der Waals surface area contributed by atoms with Crippen molar-refractivity contribution >= 4 is 0 Å². The maximum Gasteiger partial charge on any atom is 0.0646 e. The van der Waals surface area contributed by atoms with E-state index in [1.807, 2.05) is 24.1 Å². The molecule has 1 saturated carbocycles. The van der Waals surface area contributed by atoms with Crippen molar-refractivity contribution in [1.82, 2.24) is 9.78 Å². The fourth-order valence-corrected chi connectivity index (χ4v) is 2.47. The van der Waals surface area contributed by atoms with Crippen LogP contribution < -0.4 is 5.73 Å². The van der Waals surface area contributed by atoms with E-state index in [0.29, 0.717) is 6.61 Å². The summed E-state index contributed by atoms with van der Waals surface area (Å²) in [7, 11) is 1.93. The van der Waals surface area contributed by atoms with Crippen LogP contribution in [0.3, 0.4) is 0 Å². The number of hydrogen-bond donors (Lipinski definition) is 1. The van der Waals surface area contributed by atoms with Crippen LogP contribution in [0.1, 0.15) is 37.7 Å². The summed E-state index contributed by atoms with van der Waals surface area (Å²) in [4.78, 5) is 0. The molecule has 1 fully saturated rings. The molecule has 1 aromatic heterocycles. The molecule has 17 heavy (non-hydrogen) atoms. The predicted octanol–water partition coefficient (Wildman–Crippen LogP) is 1.64. The van der Waals surface area contributed by atoms with Crippen LogP contribution in [0, 0.1) is 0 Å². The lowest BCUT2D eigenvalue weighted by Crippen LogP contribution is -2.46. The van der Waals surface area contributed by atoms with Crippen molar-refractivity contribution in [3.63, 3.8) is 0 Å². The van der Waals surface area contributed by atoms with Crippen molar-refractivity contribution in [3.8, 4) is 0 Å². The molecule has 0 atom stereocenters. The molecule has 2 rings (SSSR count). The van der Waals surface area contributed by atoms with Crippen LogP contribution in [0.25, 0.3) is 0 Å². The number of aromatic nitrogens is 2. The Morgan fingerprint density at radius 2 is 2.18 bits per heavy atom. The highest BCUT2D eigenvalue weighted by Crippen LogP contribution is 2.25. The first-order valence-corrected chi connectivity index (χ1v) is 6.52. The molecule has 0 radical (unpaired) electrons. The Kier molecular flexibility index (Phi) is 4.18. The van der Waals surface area contributed by atoms with Gasteiger partial charge in [-0.25, -0.2) is 0 Å². The van der Waals surface area contributed by atoms with E-state index in [0.717, 1.165) is 25.9 Å². The standard InChI is InChI=1S/C13H23N3O/c1-16-10-12(9-15-16)5-8-17-11-13(14)6-3-2-4-7-13/h9-10H,2-8,11,14H2,1H3. The Bertz CT molecular complexity index is 342. The van der Waals surface area contributed by atoms with Crippen molar-refractivity contribution in [3.05, 3.63) is 18.0 Å². The summed E-state index contributed by atoms with van der Waals surface area (Å²) in [5, 5.41) is 4.14. The van der Waals surface area contributed by atoms with Gasteiger partial charge in [0.15, 0.2) is 0 Å². The van der Waals surface area contributed by atoms with E-state index in [4.69, 9.17) is 10.5 Å². The molecule has 0 aromatic carbocycles. The summed E-state index contributed by atoms with van der Waals surface area (Å²) in [5.74, 6) is 0. The van der Waals surface area contributed by atoms with Crippen LogP contribution in [0.4, 0.5) is 0 Å². The smallest absolute Gasteiger partial charge is 0.0646 e. The van der Waals surface area contributed by atoms with Crippen molar-refractivity contribution in [2.45, 2.75) is 44.1 Å². The Labute approximate surface area is 103 Å². The van der Waals surface area contributed by atoms with Crippen molar-refractivity contribution in [2.75, 3.05) is 13.2 Å². The highest BCUT2D eigenvalue weighted by molar-refractivity contribution is 5.03. The van der Waals surface area contributed by atoms with E-state index in [1.165, 1.54) is 24.8 Å². The second kappa shape index (κ2) is 5.65. The minimum atomic E-state index is -0.0623. The van der Waals surface area contributed by atoms with Gasteiger partial charge in [-0.15, -0.1) is 0 Å². The molecular weight excluding hydrogens is 214 g/mol. The maximum absolute atomic E-state index is 6.30. The zero-order chi connectivity index (χ0) is 12.1. The molecule has 2 N–H and O–H groups in total. The minimum Gasteiger partial charge on any atom is -0.379 e. The number of nitrogens with zero attached hydrogens (tertiary/aromatic N) is 2. The molecular formula is C13H23N3O. The molecule has 0 aliphatic heterocycles. The van der Waals surface area contributed by atoms with Gasteiger partial charge in [0, 0.05) is 18.8 Å². The van der Waals surface area contributed by atoms with Gasteiger partial charge in [-0.2, -0.15) is 5.10 Å². The van der Waals surface area contributed by atoms with Crippen LogP contribution in [0.15, 0.2) is 12.4 Å². The minimum absolute atomic E-state index is 0.0623. The molecule has 1 heterocycles. The molecule has 0 spiro atoms. The molecule has 0 bridgehead atoms. The zero-order valence-electron chi connectivity index (χ0n) is 10.7. The van der Waals surface area contributed by atoms with E-state index in [-0.39, 0.29) is 5.54 Å². The van der Waals surface area contributed by atoms with Crippen molar-refractivity contribution in [2.24, 2.45) is 12.8 Å². The molecule has 0 saturated heterocycles. The lowest BCUT2D eigenvalue weighted by atomic mass is 9.83. The van der Waals surface area contributed by atoms with Crippen LogP contribution in [0.5, 0.6) is 0 Å². The fourth-order valence-electron chi connectivity index (χ4n) is 2.47. The highest BCUT2D eigenvalue weighted by Gasteiger charge is 2.27. The number of hydrogen-bond acceptors (Lipinski definition) is 3. The Morgan fingerprint density at radius 3 is 2.82 bits per heavy atom. The summed E-state index contributed by atoms with van der Waals surface area (Å²) in [6.45, 7) is 1.44.